The average molecular weight is 386 g/mol. The van der Waals surface area contributed by atoms with Crippen LogP contribution in [0.15, 0.2) is 29.1 Å². The van der Waals surface area contributed by atoms with Crippen molar-refractivity contribution in [2.75, 3.05) is 19.6 Å². The van der Waals surface area contributed by atoms with Gasteiger partial charge in [-0.25, -0.2) is 9.37 Å². The number of rotatable bonds is 5. The summed E-state index contributed by atoms with van der Waals surface area (Å²) in [6, 6.07) is 6.97. The van der Waals surface area contributed by atoms with Gasteiger partial charge >= 0.3 is 0 Å². The summed E-state index contributed by atoms with van der Waals surface area (Å²) in [5, 5.41) is 1.45. The van der Waals surface area contributed by atoms with Crippen molar-refractivity contribution in [1.82, 2.24) is 14.5 Å². The largest absolute Gasteiger partial charge is 0.302 e. The maximum absolute atomic E-state index is 13.2. The van der Waals surface area contributed by atoms with E-state index in [2.05, 4.69) is 9.88 Å². The van der Waals surface area contributed by atoms with Crippen molar-refractivity contribution in [1.29, 1.82) is 0 Å². The number of nitrogens with zero attached hydrogens (tertiary/aromatic N) is 3. The molecule has 0 bridgehead atoms. The summed E-state index contributed by atoms with van der Waals surface area (Å²) in [6.07, 6.45) is 1.89. The van der Waals surface area contributed by atoms with Crippen molar-refractivity contribution >= 4 is 17.6 Å². The first kappa shape index (κ1) is 18.4. The molecule has 3 unspecified atom stereocenters. The van der Waals surface area contributed by atoms with Gasteiger partial charge in [0.2, 0.25) is 0 Å². The Morgan fingerprint density at radius 1 is 1.30 bits per heavy atom. The van der Waals surface area contributed by atoms with Gasteiger partial charge in [0.1, 0.15) is 11.6 Å². The normalized spacial score (nSPS) is 24.5. The van der Waals surface area contributed by atoms with Crippen LogP contribution in [0, 0.1) is 24.6 Å². The third kappa shape index (κ3) is 3.36. The lowest BCUT2D eigenvalue weighted by molar-refractivity contribution is 0.191. The molecule has 1 saturated heterocycles. The third-order valence-electron chi connectivity index (χ3n) is 6.35. The van der Waals surface area contributed by atoms with Gasteiger partial charge in [-0.05, 0) is 55.2 Å². The summed E-state index contributed by atoms with van der Waals surface area (Å²) in [5.74, 6) is 2.28. The molecule has 27 heavy (non-hydrogen) atoms. The van der Waals surface area contributed by atoms with E-state index in [4.69, 9.17) is 12.2 Å². The van der Waals surface area contributed by atoms with Crippen LogP contribution in [-0.2, 0) is 13.5 Å². The Hall–Kier alpha value is -1.92. The second-order valence-corrected chi connectivity index (χ2v) is 8.08. The predicted octanol–water partition coefficient (Wildman–Crippen LogP) is 2.85. The zero-order valence-corrected chi connectivity index (χ0v) is 16.5. The van der Waals surface area contributed by atoms with Gasteiger partial charge < -0.3 is 4.90 Å². The predicted molar refractivity (Wildman–Crippen MR) is 108 cm³/mol. The summed E-state index contributed by atoms with van der Waals surface area (Å²) in [4.78, 5) is 19.5. The fraction of sp³-hybridized carbons (Fsp3) is 0.476. The first-order valence-electron chi connectivity index (χ1n) is 9.47. The fourth-order valence-corrected chi connectivity index (χ4v) is 4.92. The molecule has 1 aliphatic heterocycles. The highest BCUT2D eigenvalue weighted by Crippen LogP contribution is 2.51. The number of benzene rings is 1. The van der Waals surface area contributed by atoms with Crippen molar-refractivity contribution in [3.05, 3.63) is 63.1 Å². The van der Waals surface area contributed by atoms with Gasteiger partial charge in [0, 0.05) is 43.3 Å². The van der Waals surface area contributed by atoms with E-state index in [0.29, 0.717) is 24.1 Å². The monoisotopic (exact) mass is 385 g/mol. The number of hydrogen-bond donors (Lipinski definition) is 0. The standard InChI is InChI=1S/C21H24FN3OS/c1-13-17(21(26)24(2)20(12-27)23-13)7-8-25-10-15-9-18(19(15)11-25)14-3-5-16(22)6-4-14/h3-6,12,15,18-19H,7-11H2,1-2H3. The molecule has 4 nitrogen and oxygen atoms in total. The van der Waals surface area contributed by atoms with E-state index < -0.39 is 0 Å². The zero-order valence-electron chi connectivity index (χ0n) is 15.7. The van der Waals surface area contributed by atoms with Gasteiger partial charge in [-0.15, -0.1) is 0 Å². The molecule has 4 rings (SSSR count). The Labute approximate surface area is 164 Å². The summed E-state index contributed by atoms with van der Waals surface area (Å²) in [7, 11) is 1.72. The molecule has 6 heteroatoms. The zero-order chi connectivity index (χ0) is 19.1. The Morgan fingerprint density at radius 3 is 2.74 bits per heavy atom. The van der Waals surface area contributed by atoms with Gasteiger partial charge in [-0.3, -0.25) is 9.36 Å². The average Bonchev–Trinajstić information content (AvgIpc) is 2.96. The SMILES string of the molecule is Cc1nc(C=S)n(C)c(=O)c1CCN1CC2CC(c3ccc(F)cc3)C2C1. The second kappa shape index (κ2) is 7.24. The van der Waals surface area contributed by atoms with Crippen molar-refractivity contribution in [3.63, 3.8) is 0 Å². The van der Waals surface area contributed by atoms with Gasteiger partial charge in [0.15, 0.2) is 0 Å². The van der Waals surface area contributed by atoms with Crippen LogP contribution in [0.1, 0.15) is 35.0 Å². The van der Waals surface area contributed by atoms with Crippen molar-refractivity contribution in [2.24, 2.45) is 18.9 Å². The number of aromatic nitrogens is 2. The molecule has 2 aromatic rings. The maximum atomic E-state index is 13.2. The summed E-state index contributed by atoms with van der Waals surface area (Å²) >= 11 is 4.94. The Morgan fingerprint density at radius 2 is 2.04 bits per heavy atom. The molecule has 1 aromatic heterocycles. The molecule has 0 amide bonds. The molecule has 142 valence electrons. The summed E-state index contributed by atoms with van der Waals surface area (Å²) in [5.41, 5.74) is 2.82. The third-order valence-corrected chi connectivity index (χ3v) is 6.56. The van der Waals surface area contributed by atoms with Crippen LogP contribution in [0.5, 0.6) is 0 Å². The van der Waals surface area contributed by atoms with E-state index in [9.17, 15) is 9.18 Å². The molecule has 0 spiro atoms. The lowest BCUT2D eigenvalue weighted by Gasteiger charge is -2.40. The Kier molecular flexibility index (Phi) is 4.95. The van der Waals surface area contributed by atoms with Crippen molar-refractivity contribution in [3.8, 4) is 0 Å². The molecule has 1 aliphatic carbocycles. The fourth-order valence-electron chi connectivity index (χ4n) is 4.71. The molecule has 1 aromatic carbocycles. The molecule has 2 heterocycles. The van der Waals surface area contributed by atoms with E-state index in [-0.39, 0.29) is 11.4 Å². The molecule has 0 radical (unpaired) electrons. The molecule has 0 N–H and O–H groups in total. The quantitative estimate of drug-likeness (QED) is 0.742. The highest BCUT2D eigenvalue weighted by Gasteiger charge is 2.47. The Balaban J connectivity index is 1.40. The number of aryl methyl sites for hydroxylation is 1. The second-order valence-electron chi connectivity index (χ2n) is 7.84. The van der Waals surface area contributed by atoms with Crippen LogP contribution < -0.4 is 5.56 Å². The lowest BCUT2D eigenvalue weighted by Crippen LogP contribution is -2.33. The first-order chi connectivity index (χ1) is 13.0. The van der Waals surface area contributed by atoms with E-state index in [1.807, 2.05) is 19.1 Å². The van der Waals surface area contributed by atoms with Crippen LogP contribution in [0.2, 0.25) is 0 Å². The van der Waals surface area contributed by atoms with Crippen molar-refractivity contribution in [2.45, 2.75) is 25.7 Å². The van der Waals surface area contributed by atoms with Gasteiger partial charge in [-0.1, -0.05) is 24.4 Å². The highest BCUT2D eigenvalue weighted by molar-refractivity contribution is 7.79. The highest BCUT2D eigenvalue weighted by atomic mass is 32.1. The van der Waals surface area contributed by atoms with E-state index >= 15 is 0 Å². The van der Waals surface area contributed by atoms with Crippen LogP contribution >= 0.6 is 12.2 Å². The van der Waals surface area contributed by atoms with E-state index in [0.717, 1.165) is 36.8 Å². The van der Waals surface area contributed by atoms with Crippen LogP contribution in [0.4, 0.5) is 4.39 Å². The smallest absolute Gasteiger partial charge is 0.256 e. The van der Waals surface area contributed by atoms with E-state index in [1.54, 1.807) is 19.2 Å². The van der Waals surface area contributed by atoms with Crippen molar-refractivity contribution < 1.29 is 4.39 Å². The number of halogens is 1. The molecule has 1 saturated carbocycles. The molecular weight excluding hydrogens is 361 g/mol. The number of hydrogen-bond acceptors (Lipinski definition) is 4. The van der Waals surface area contributed by atoms with Gasteiger partial charge in [0.25, 0.3) is 5.56 Å². The minimum absolute atomic E-state index is 0.00459. The van der Waals surface area contributed by atoms with Crippen LogP contribution in [0.25, 0.3) is 0 Å². The van der Waals surface area contributed by atoms with Gasteiger partial charge in [0.05, 0.1) is 0 Å². The lowest BCUT2D eigenvalue weighted by atomic mass is 9.64. The van der Waals surface area contributed by atoms with E-state index in [1.165, 1.54) is 21.9 Å². The van der Waals surface area contributed by atoms with Crippen LogP contribution in [-0.4, -0.2) is 39.5 Å². The number of thiocarbonyl (C=S) groups is 1. The number of fused-ring (bicyclic) bond motifs is 1. The number of likely N-dealkylation sites (tertiary alicyclic amines) is 1. The minimum Gasteiger partial charge on any atom is -0.302 e. The molecule has 2 aliphatic rings. The summed E-state index contributed by atoms with van der Waals surface area (Å²) in [6.45, 7) is 4.90. The molecule has 3 atom stereocenters. The first-order valence-corrected chi connectivity index (χ1v) is 9.94. The summed E-state index contributed by atoms with van der Waals surface area (Å²) < 4.78 is 14.7. The van der Waals surface area contributed by atoms with Crippen LogP contribution in [0.3, 0.4) is 0 Å². The minimum atomic E-state index is -0.173. The topological polar surface area (TPSA) is 38.1 Å². The Bertz CT molecular complexity index is 924. The molecular formula is C21H24FN3OS. The van der Waals surface area contributed by atoms with Gasteiger partial charge in [-0.2, -0.15) is 0 Å². The maximum Gasteiger partial charge on any atom is 0.256 e. The molecule has 2 fully saturated rings.